The van der Waals surface area contributed by atoms with Gasteiger partial charge in [-0.3, -0.25) is 9.59 Å². The van der Waals surface area contributed by atoms with E-state index in [2.05, 4.69) is 15.6 Å². The smallest absolute Gasteiger partial charge is 0.395 e. The second kappa shape index (κ2) is 9.82. The molecule has 2 aromatic carbocycles. The molecule has 10 heteroatoms. The Morgan fingerprint density at radius 1 is 1.08 bits per heavy atom. The number of aliphatic hydroxyl groups excluding tert-OH is 1. The molecule has 2 heterocycles. The lowest BCUT2D eigenvalue weighted by Gasteiger charge is -2.14. The summed E-state index contributed by atoms with van der Waals surface area (Å²) >= 11 is 0. The van der Waals surface area contributed by atoms with Crippen molar-refractivity contribution in [1.82, 2.24) is 9.55 Å². The van der Waals surface area contributed by atoms with Crippen LogP contribution in [0.15, 0.2) is 65.6 Å². The summed E-state index contributed by atoms with van der Waals surface area (Å²) in [6, 6.07) is 12.6. The van der Waals surface area contributed by atoms with Crippen LogP contribution in [0.5, 0.6) is 0 Å². The average molecular weight is 496 g/mol. The summed E-state index contributed by atoms with van der Waals surface area (Å²) in [5.74, 6) is -0.177. The molecule has 0 spiro atoms. The molecule has 186 valence electrons. The van der Waals surface area contributed by atoms with Crippen LogP contribution in [0.4, 0.5) is 24.7 Å². The van der Waals surface area contributed by atoms with Crippen molar-refractivity contribution in [3.8, 4) is 11.1 Å². The summed E-state index contributed by atoms with van der Waals surface area (Å²) in [6.45, 7) is 2.08. The Morgan fingerprint density at radius 2 is 1.86 bits per heavy atom. The van der Waals surface area contributed by atoms with E-state index in [1.165, 1.54) is 16.7 Å². The van der Waals surface area contributed by atoms with E-state index < -0.39 is 17.6 Å². The lowest BCUT2D eigenvalue weighted by molar-refractivity contribution is -0.137. The van der Waals surface area contributed by atoms with E-state index in [1.807, 2.05) is 6.92 Å². The minimum Gasteiger partial charge on any atom is -0.395 e. The van der Waals surface area contributed by atoms with Gasteiger partial charge in [0.15, 0.2) is 0 Å². The van der Waals surface area contributed by atoms with Gasteiger partial charge in [0.2, 0.25) is 0 Å². The first kappa shape index (κ1) is 24.9. The van der Waals surface area contributed by atoms with Crippen LogP contribution in [0.25, 0.3) is 22.0 Å². The maximum Gasteiger partial charge on any atom is 0.416 e. The normalized spacial score (nSPS) is 11.5. The number of pyridine rings is 2. The topological polar surface area (TPSA) is 96.2 Å². The summed E-state index contributed by atoms with van der Waals surface area (Å²) in [6.07, 6.45) is -2.94. The third-order valence-electron chi connectivity index (χ3n) is 5.76. The largest absolute Gasteiger partial charge is 0.416 e. The molecule has 4 aromatic rings. The molecule has 0 aliphatic heterocycles. The number of anilines is 2. The lowest BCUT2D eigenvalue weighted by atomic mass is 9.99. The molecule has 0 bridgehead atoms. The SMILES string of the molecule is Cc1ccc(NC(=O)c2cccc(C(F)(F)F)c2)cc1-c1cc2cnc(NCCO)cc2n(C)c1=O. The fraction of sp³-hybridized carbons (Fsp3) is 0.192. The molecular formula is C26H23F3N4O3. The van der Waals surface area contributed by atoms with Gasteiger partial charge < -0.3 is 20.3 Å². The van der Waals surface area contributed by atoms with Crippen molar-refractivity contribution in [1.29, 1.82) is 0 Å². The van der Waals surface area contributed by atoms with Crippen molar-refractivity contribution < 1.29 is 23.1 Å². The third-order valence-corrected chi connectivity index (χ3v) is 5.76. The number of nitrogens with zero attached hydrogens (tertiary/aromatic N) is 2. The Hall–Kier alpha value is -4.18. The van der Waals surface area contributed by atoms with Gasteiger partial charge in [0.1, 0.15) is 5.82 Å². The molecule has 3 N–H and O–H groups in total. The van der Waals surface area contributed by atoms with E-state index in [0.717, 1.165) is 17.7 Å². The van der Waals surface area contributed by atoms with E-state index in [1.54, 1.807) is 43.6 Å². The van der Waals surface area contributed by atoms with Gasteiger partial charge in [-0.2, -0.15) is 13.2 Å². The number of carbonyl (C=O) groups is 1. The zero-order valence-electron chi connectivity index (χ0n) is 19.5. The quantitative estimate of drug-likeness (QED) is 0.363. The Balaban J connectivity index is 1.69. The number of hydrogen-bond acceptors (Lipinski definition) is 5. The Kier molecular flexibility index (Phi) is 6.80. The number of hydrogen-bond donors (Lipinski definition) is 3. The number of alkyl halides is 3. The molecule has 0 saturated heterocycles. The molecule has 0 saturated carbocycles. The van der Waals surface area contributed by atoms with Gasteiger partial charge in [-0.05, 0) is 54.4 Å². The van der Waals surface area contributed by atoms with E-state index >= 15 is 0 Å². The number of halogens is 3. The maximum absolute atomic E-state index is 13.2. The summed E-state index contributed by atoms with van der Waals surface area (Å²) in [5, 5.41) is 15.3. The average Bonchev–Trinajstić information content (AvgIpc) is 2.86. The van der Waals surface area contributed by atoms with Crippen molar-refractivity contribution in [2.45, 2.75) is 13.1 Å². The van der Waals surface area contributed by atoms with Crippen LogP contribution in [0, 0.1) is 6.92 Å². The minimum atomic E-state index is -4.56. The number of aryl methyl sites for hydroxylation is 2. The van der Waals surface area contributed by atoms with Crippen molar-refractivity contribution in [2.24, 2.45) is 7.05 Å². The van der Waals surface area contributed by atoms with Gasteiger partial charge in [-0.25, -0.2) is 4.98 Å². The number of nitrogens with one attached hydrogen (secondary N) is 2. The highest BCUT2D eigenvalue weighted by atomic mass is 19.4. The van der Waals surface area contributed by atoms with Gasteiger partial charge in [-0.15, -0.1) is 0 Å². The first-order valence-electron chi connectivity index (χ1n) is 11.0. The number of rotatable bonds is 6. The first-order valence-corrected chi connectivity index (χ1v) is 11.0. The number of fused-ring (bicyclic) bond motifs is 1. The van der Waals surface area contributed by atoms with Gasteiger partial charge >= 0.3 is 6.18 Å². The number of benzene rings is 2. The highest BCUT2D eigenvalue weighted by Crippen LogP contribution is 2.30. The molecule has 2 aromatic heterocycles. The van der Waals surface area contributed by atoms with Gasteiger partial charge in [0.25, 0.3) is 11.5 Å². The molecule has 0 atom stereocenters. The standard InChI is InChI=1S/C26H23F3N4O3/c1-15-6-7-19(32-24(35)16-4-3-5-18(10-16)26(27,28)29)12-20(15)21-11-17-14-31-23(30-8-9-34)13-22(17)33(2)25(21)36/h3-7,10-14,34H,8-9H2,1-2H3,(H,30,31)(H,32,35). The predicted octanol–water partition coefficient (Wildman–Crippen LogP) is 4.58. The Labute approximate surface area is 204 Å². The Morgan fingerprint density at radius 3 is 2.58 bits per heavy atom. The molecule has 0 aliphatic rings. The van der Waals surface area contributed by atoms with E-state index in [0.29, 0.717) is 40.1 Å². The van der Waals surface area contributed by atoms with Crippen molar-refractivity contribution in [2.75, 3.05) is 23.8 Å². The van der Waals surface area contributed by atoms with Gasteiger partial charge in [-0.1, -0.05) is 12.1 Å². The summed E-state index contributed by atoms with van der Waals surface area (Å²) in [4.78, 5) is 30.2. The summed E-state index contributed by atoms with van der Waals surface area (Å²) in [7, 11) is 1.64. The molecule has 36 heavy (non-hydrogen) atoms. The second-order valence-corrected chi connectivity index (χ2v) is 8.26. The molecule has 0 unspecified atom stereocenters. The predicted molar refractivity (Wildman–Crippen MR) is 132 cm³/mol. The monoisotopic (exact) mass is 496 g/mol. The van der Waals surface area contributed by atoms with E-state index in [-0.39, 0.29) is 17.7 Å². The molecule has 1 amide bonds. The molecule has 4 rings (SSSR count). The highest BCUT2D eigenvalue weighted by molar-refractivity contribution is 6.04. The second-order valence-electron chi connectivity index (χ2n) is 8.26. The number of aliphatic hydroxyl groups is 1. The summed E-state index contributed by atoms with van der Waals surface area (Å²) in [5.41, 5.74) is 1.39. The number of aromatic nitrogens is 2. The lowest BCUT2D eigenvalue weighted by Crippen LogP contribution is -2.20. The van der Waals surface area contributed by atoms with E-state index in [4.69, 9.17) is 5.11 Å². The molecule has 7 nitrogen and oxygen atoms in total. The van der Waals surface area contributed by atoms with Gasteiger partial charge in [0.05, 0.1) is 17.7 Å². The number of carbonyl (C=O) groups excluding carboxylic acids is 1. The van der Waals surface area contributed by atoms with Crippen molar-refractivity contribution in [3.05, 3.63) is 87.8 Å². The van der Waals surface area contributed by atoms with Crippen molar-refractivity contribution >= 4 is 28.3 Å². The fourth-order valence-electron chi connectivity index (χ4n) is 3.87. The van der Waals surface area contributed by atoms with Crippen LogP contribution < -0.4 is 16.2 Å². The minimum absolute atomic E-state index is 0.0580. The number of amides is 1. The Bertz CT molecular complexity index is 1510. The molecular weight excluding hydrogens is 473 g/mol. The van der Waals surface area contributed by atoms with Crippen molar-refractivity contribution in [3.63, 3.8) is 0 Å². The zero-order chi connectivity index (χ0) is 26.0. The zero-order valence-corrected chi connectivity index (χ0v) is 19.5. The van der Waals surface area contributed by atoms with Crippen LogP contribution in [-0.2, 0) is 13.2 Å². The van der Waals surface area contributed by atoms with Crippen LogP contribution in [0.1, 0.15) is 21.5 Å². The van der Waals surface area contributed by atoms with E-state index in [9.17, 15) is 22.8 Å². The third kappa shape index (κ3) is 5.08. The first-order chi connectivity index (χ1) is 17.1. The highest BCUT2D eigenvalue weighted by Gasteiger charge is 2.31. The molecule has 0 radical (unpaired) electrons. The van der Waals surface area contributed by atoms with Crippen LogP contribution in [-0.4, -0.2) is 33.7 Å². The van der Waals surface area contributed by atoms with Crippen LogP contribution in [0.2, 0.25) is 0 Å². The molecule has 0 fully saturated rings. The van der Waals surface area contributed by atoms with Gasteiger partial charge in [0, 0.05) is 48.1 Å². The maximum atomic E-state index is 13.2. The van der Waals surface area contributed by atoms with Crippen LogP contribution >= 0.6 is 0 Å². The summed E-state index contributed by atoms with van der Waals surface area (Å²) < 4.78 is 40.6. The van der Waals surface area contributed by atoms with Crippen LogP contribution in [0.3, 0.4) is 0 Å². The molecule has 0 aliphatic carbocycles. The fourth-order valence-corrected chi connectivity index (χ4v) is 3.87.